The van der Waals surface area contributed by atoms with Gasteiger partial charge < -0.3 is 16.0 Å². The summed E-state index contributed by atoms with van der Waals surface area (Å²) >= 11 is 1.66. The van der Waals surface area contributed by atoms with Gasteiger partial charge in [0.05, 0.1) is 0 Å². The summed E-state index contributed by atoms with van der Waals surface area (Å²) in [4.78, 5) is 37.8. The lowest BCUT2D eigenvalue weighted by atomic mass is 10.0. The Hall–Kier alpha value is -1.32. The molecule has 9 heteroatoms. The van der Waals surface area contributed by atoms with Crippen LogP contribution in [0.4, 0.5) is 0 Å². The Labute approximate surface area is 159 Å². The van der Waals surface area contributed by atoms with Gasteiger partial charge in [-0.15, -0.1) is 0 Å². The minimum atomic E-state index is -0.474. The first kappa shape index (κ1) is 21.0. The Bertz CT molecular complexity index is 511. The molecule has 0 aromatic carbocycles. The fraction of sp³-hybridized carbons (Fsp3) is 0.824. The summed E-state index contributed by atoms with van der Waals surface area (Å²) < 4.78 is 0. The first-order valence-electron chi connectivity index (χ1n) is 9.25. The molecular formula is C17H31N5O3S. The van der Waals surface area contributed by atoms with Gasteiger partial charge in [-0.25, -0.2) is 0 Å². The largest absolute Gasteiger partial charge is 0.351 e. The van der Waals surface area contributed by atoms with Crippen LogP contribution in [0, 0.1) is 0 Å². The summed E-state index contributed by atoms with van der Waals surface area (Å²) in [6.45, 7) is 5.04. The van der Waals surface area contributed by atoms with Gasteiger partial charge in [-0.2, -0.15) is 11.8 Å². The second-order valence-electron chi connectivity index (χ2n) is 7.10. The highest BCUT2D eigenvalue weighted by Gasteiger charge is 2.31. The molecule has 148 valence electrons. The molecular weight excluding hydrogens is 354 g/mol. The highest BCUT2D eigenvalue weighted by Crippen LogP contribution is 2.14. The van der Waals surface area contributed by atoms with E-state index in [2.05, 4.69) is 26.2 Å². The zero-order valence-corrected chi connectivity index (χ0v) is 16.7. The fourth-order valence-corrected chi connectivity index (χ4v) is 3.88. The Morgan fingerprint density at radius 2 is 2.04 bits per heavy atom. The van der Waals surface area contributed by atoms with E-state index in [4.69, 9.17) is 0 Å². The van der Waals surface area contributed by atoms with E-state index < -0.39 is 6.04 Å². The Balaban J connectivity index is 1.80. The van der Waals surface area contributed by atoms with Gasteiger partial charge in [-0.05, 0) is 38.2 Å². The highest BCUT2D eigenvalue weighted by molar-refractivity contribution is 7.98. The predicted octanol–water partition coefficient (Wildman–Crippen LogP) is -0.394. The van der Waals surface area contributed by atoms with Crippen LogP contribution >= 0.6 is 11.8 Å². The van der Waals surface area contributed by atoms with E-state index in [9.17, 15) is 14.4 Å². The number of nitrogens with zero attached hydrogens (tertiary/aromatic N) is 1. The summed E-state index contributed by atoms with van der Waals surface area (Å²) in [7, 11) is 0. The van der Waals surface area contributed by atoms with Crippen molar-refractivity contribution in [3.05, 3.63) is 0 Å². The van der Waals surface area contributed by atoms with Crippen molar-refractivity contribution in [2.45, 2.75) is 63.9 Å². The lowest BCUT2D eigenvalue weighted by Crippen LogP contribution is -2.65. The molecule has 0 spiro atoms. The van der Waals surface area contributed by atoms with Crippen molar-refractivity contribution in [1.82, 2.24) is 26.2 Å². The smallest absolute Gasteiger partial charge is 0.242 e. The van der Waals surface area contributed by atoms with E-state index in [1.54, 1.807) is 11.8 Å². The van der Waals surface area contributed by atoms with Gasteiger partial charge in [0.15, 0.2) is 0 Å². The van der Waals surface area contributed by atoms with Crippen molar-refractivity contribution in [1.29, 1.82) is 0 Å². The number of likely N-dealkylation sites (tertiary alicyclic amines) is 1. The number of amides is 3. The molecule has 0 radical (unpaired) electrons. The monoisotopic (exact) mass is 385 g/mol. The summed E-state index contributed by atoms with van der Waals surface area (Å²) in [5.74, 6) is 0.602. The third kappa shape index (κ3) is 6.44. The number of nitrogens with one attached hydrogen (secondary N) is 4. The van der Waals surface area contributed by atoms with Gasteiger partial charge in [-0.3, -0.25) is 24.6 Å². The molecule has 2 saturated heterocycles. The van der Waals surface area contributed by atoms with Gasteiger partial charge in [0, 0.05) is 38.5 Å². The topological polar surface area (TPSA) is 103 Å². The standard InChI is InChI=1S/C17H31N5O3S/c1-11-10-15(24)21-17(18-11)22-7-4-13(5-8-22)20-16(25)14(6-9-26-3)19-12(2)23/h11,13-14,17-18H,4-10H2,1-3H3,(H,19,23)(H,20,25)(H,21,24). The maximum atomic E-state index is 12.5. The molecule has 2 aliphatic rings. The number of thioether (sulfide) groups is 1. The summed E-state index contributed by atoms with van der Waals surface area (Å²) in [5, 5.41) is 12.2. The van der Waals surface area contributed by atoms with Crippen LogP contribution < -0.4 is 21.3 Å². The molecule has 8 nitrogen and oxygen atoms in total. The molecule has 0 aromatic rings. The minimum Gasteiger partial charge on any atom is -0.351 e. The van der Waals surface area contributed by atoms with Crippen LogP contribution in [0.3, 0.4) is 0 Å². The molecule has 0 aromatic heterocycles. The van der Waals surface area contributed by atoms with Crippen molar-refractivity contribution in [2.24, 2.45) is 0 Å². The van der Waals surface area contributed by atoms with Crippen LogP contribution in [0.15, 0.2) is 0 Å². The normalized spacial score (nSPS) is 26.0. The van der Waals surface area contributed by atoms with Gasteiger partial charge >= 0.3 is 0 Å². The van der Waals surface area contributed by atoms with E-state index in [-0.39, 0.29) is 36.1 Å². The molecule has 0 saturated carbocycles. The molecule has 3 atom stereocenters. The van der Waals surface area contributed by atoms with Crippen molar-refractivity contribution in [2.75, 3.05) is 25.1 Å². The predicted molar refractivity (Wildman–Crippen MR) is 102 cm³/mol. The van der Waals surface area contributed by atoms with E-state index in [0.717, 1.165) is 31.7 Å². The van der Waals surface area contributed by atoms with Crippen LogP contribution in [0.25, 0.3) is 0 Å². The quantitative estimate of drug-likeness (QED) is 0.476. The van der Waals surface area contributed by atoms with Crippen LogP contribution in [0.1, 0.15) is 39.5 Å². The highest BCUT2D eigenvalue weighted by atomic mass is 32.2. The lowest BCUT2D eigenvalue weighted by Gasteiger charge is -2.41. The minimum absolute atomic E-state index is 0.0728. The maximum Gasteiger partial charge on any atom is 0.242 e. The zero-order valence-electron chi connectivity index (χ0n) is 15.8. The first-order valence-corrected chi connectivity index (χ1v) is 10.6. The summed E-state index contributed by atoms with van der Waals surface area (Å²) in [5.41, 5.74) is 0. The van der Waals surface area contributed by atoms with E-state index in [1.165, 1.54) is 6.92 Å². The number of carbonyl (C=O) groups is 3. The van der Waals surface area contributed by atoms with Gasteiger partial charge in [0.1, 0.15) is 12.3 Å². The average molecular weight is 386 g/mol. The Kier molecular flexibility index (Phi) is 8.17. The van der Waals surface area contributed by atoms with Crippen molar-refractivity contribution < 1.29 is 14.4 Å². The van der Waals surface area contributed by atoms with Crippen molar-refractivity contribution in [3.8, 4) is 0 Å². The fourth-order valence-electron chi connectivity index (χ4n) is 3.41. The second-order valence-corrected chi connectivity index (χ2v) is 8.08. The Morgan fingerprint density at radius 3 is 2.62 bits per heavy atom. The number of hydrogen-bond acceptors (Lipinski definition) is 6. The lowest BCUT2D eigenvalue weighted by molar-refractivity contribution is -0.129. The molecule has 0 aliphatic carbocycles. The molecule has 3 unspecified atom stereocenters. The molecule has 4 N–H and O–H groups in total. The average Bonchev–Trinajstić information content (AvgIpc) is 2.58. The van der Waals surface area contributed by atoms with Gasteiger partial charge in [0.25, 0.3) is 0 Å². The summed E-state index contributed by atoms with van der Waals surface area (Å²) in [6.07, 6.45) is 4.63. The molecule has 2 heterocycles. The van der Waals surface area contributed by atoms with Crippen molar-refractivity contribution in [3.63, 3.8) is 0 Å². The van der Waals surface area contributed by atoms with Gasteiger partial charge in [0.2, 0.25) is 17.7 Å². The van der Waals surface area contributed by atoms with E-state index in [1.807, 2.05) is 13.2 Å². The maximum absolute atomic E-state index is 12.5. The third-order valence-corrected chi connectivity index (χ3v) is 5.42. The van der Waals surface area contributed by atoms with Crippen LogP contribution in [-0.2, 0) is 14.4 Å². The molecule has 0 bridgehead atoms. The molecule has 3 amide bonds. The number of piperidine rings is 1. The Morgan fingerprint density at radius 1 is 1.35 bits per heavy atom. The molecule has 2 fully saturated rings. The van der Waals surface area contributed by atoms with Crippen LogP contribution in [0.5, 0.6) is 0 Å². The summed E-state index contributed by atoms with van der Waals surface area (Å²) in [6, 6.07) is -0.208. The number of hydrogen-bond donors (Lipinski definition) is 4. The SMILES string of the molecule is CSCCC(NC(C)=O)C(=O)NC1CCN(C2NC(=O)CC(C)N2)CC1. The molecule has 2 rings (SSSR count). The zero-order chi connectivity index (χ0) is 19.1. The van der Waals surface area contributed by atoms with E-state index in [0.29, 0.717) is 12.8 Å². The molecule has 26 heavy (non-hydrogen) atoms. The molecule has 2 aliphatic heterocycles. The van der Waals surface area contributed by atoms with Gasteiger partial charge in [-0.1, -0.05) is 0 Å². The number of carbonyl (C=O) groups excluding carboxylic acids is 3. The third-order valence-electron chi connectivity index (χ3n) is 4.78. The van der Waals surface area contributed by atoms with E-state index >= 15 is 0 Å². The number of rotatable bonds is 7. The first-order chi connectivity index (χ1) is 12.4. The van der Waals surface area contributed by atoms with Crippen molar-refractivity contribution >= 4 is 29.5 Å². The second kappa shape index (κ2) is 10.1. The van der Waals surface area contributed by atoms with Crippen LogP contribution in [0.2, 0.25) is 0 Å². The van der Waals surface area contributed by atoms with Crippen LogP contribution in [-0.4, -0.2) is 72.1 Å².